The lowest BCUT2D eigenvalue weighted by atomic mass is 10.0. The van der Waals surface area contributed by atoms with Gasteiger partial charge in [0.2, 0.25) is 5.91 Å². The van der Waals surface area contributed by atoms with Crippen LogP contribution in [0.4, 0.5) is 10.5 Å². The quantitative estimate of drug-likeness (QED) is 0.787. The van der Waals surface area contributed by atoms with Gasteiger partial charge in [0, 0.05) is 25.3 Å². The highest BCUT2D eigenvalue weighted by molar-refractivity contribution is 5.95. The second kappa shape index (κ2) is 6.79. The van der Waals surface area contributed by atoms with Crippen molar-refractivity contribution in [3.05, 3.63) is 30.3 Å². The van der Waals surface area contributed by atoms with Crippen molar-refractivity contribution in [3.8, 4) is 0 Å². The topological polar surface area (TPSA) is 73.5 Å². The number of rotatable bonds is 4. The Labute approximate surface area is 131 Å². The summed E-state index contributed by atoms with van der Waals surface area (Å²) in [5.74, 6) is -0.0931. The molecule has 1 heterocycles. The normalized spacial score (nSPS) is 17.9. The average molecular weight is 304 g/mol. The number of carbonyl (C=O) groups excluding carboxylic acids is 2. The molecule has 0 bridgehead atoms. The van der Waals surface area contributed by atoms with Gasteiger partial charge in [-0.25, -0.2) is 4.79 Å². The number of nitrogens with zero attached hydrogens (tertiary/aromatic N) is 1. The van der Waals surface area contributed by atoms with E-state index in [0.717, 1.165) is 19.5 Å². The van der Waals surface area contributed by atoms with Crippen LogP contribution in [0.3, 0.4) is 0 Å². The van der Waals surface area contributed by atoms with E-state index < -0.39 is 5.54 Å². The van der Waals surface area contributed by atoms with Crippen molar-refractivity contribution in [2.45, 2.75) is 31.8 Å². The Bertz CT molecular complexity index is 524. The van der Waals surface area contributed by atoms with Crippen LogP contribution in [0.5, 0.6) is 0 Å². The largest absolute Gasteiger partial charge is 0.339 e. The van der Waals surface area contributed by atoms with Crippen LogP contribution in [-0.2, 0) is 4.79 Å². The molecule has 0 aromatic heterocycles. The zero-order chi connectivity index (χ0) is 16.2. The molecule has 120 valence electrons. The maximum Gasteiger partial charge on any atom is 0.320 e. The minimum Gasteiger partial charge on any atom is -0.339 e. The number of para-hydroxylation sites is 1. The van der Waals surface area contributed by atoms with Gasteiger partial charge < -0.3 is 20.9 Å². The van der Waals surface area contributed by atoms with Gasteiger partial charge in [-0.3, -0.25) is 4.79 Å². The molecule has 0 spiro atoms. The lowest BCUT2D eigenvalue weighted by Gasteiger charge is -2.33. The highest BCUT2D eigenvalue weighted by Gasteiger charge is 2.35. The van der Waals surface area contributed by atoms with E-state index in [9.17, 15) is 9.59 Å². The molecule has 6 nitrogen and oxygen atoms in total. The SMILES string of the molecule is CN(C(=O)C(C)(C)NC(=O)Nc1ccccc1)C1CCNC1. The van der Waals surface area contributed by atoms with Gasteiger partial charge in [-0.1, -0.05) is 18.2 Å². The van der Waals surface area contributed by atoms with Crippen molar-refractivity contribution in [2.24, 2.45) is 0 Å². The van der Waals surface area contributed by atoms with E-state index in [1.807, 2.05) is 18.2 Å². The lowest BCUT2D eigenvalue weighted by molar-refractivity contribution is -0.137. The summed E-state index contributed by atoms with van der Waals surface area (Å²) >= 11 is 0. The van der Waals surface area contributed by atoms with Gasteiger partial charge in [-0.05, 0) is 38.9 Å². The molecule has 2 rings (SSSR count). The number of anilines is 1. The van der Waals surface area contributed by atoms with E-state index in [2.05, 4.69) is 16.0 Å². The van der Waals surface area contributed by atoms with Crippen molar-refractivity contribution in [2.75, 3.05) is 25.5 Å². The number of hydrogen-bond donors (Lipinski definition) is 3. The summed E-state index contributed by atoms with van der Waals surface area (Å²) in [4.78, 5) is 26.4. The van der Waals surface area contributed by atoms with Gasteiger partial charge in [-0.2, -0.15) is 0 Å². The highest BCUT2D eigenvalue weighted by Crippen LogP contribution is 2.14. The fraction of sp³-hybridized carbons (Fsp3) is 0.500. The average Bonchev–Trinajstić information content (AvgIpc) is 3.00. The molecular formula is C16H24N4O2. The van der Waals surface area contributed by atoms with Crippen LogP contribution >= 0.6 is 0 Å². The molecule has 1 aliphatic rings. The Morgan fingerprint density at radius 2 is 1.95 bits per heavy atom. The zero-order valence-corrected chi connectivity index (χ0v) is 13.3. The minimum atomic E-state index is -0.962. The Hall–Kier alpha value is -2.08. The summed E-state index contributed by atoms with van der Waals surface area (Å²) in [5, 5.41) is 8.71. The van der Waals surface area contributed by atoms with E-state index in [4.69, 9.17) is 0 Å². The Kier molecular flexibility index (Phi) is 5.03. The summed E-state index contributed by atoms with van der Waals surface area (Å²) in [6.07, 6.45) is 0.939. The molecule has 1 aliphatic heterocycles. The van der Waals surface area contributed by atoms with E-state index in [-0.39, 0.29) is 18.0 Å². The van der Waals surface area contributed by atoms with Crippen LogP contribution in [0.25, 0.3) is 0 Å². The molecule has 0 radical (unpaired) electrons. The third kappa shape index (κ3) is 3.98. The molecule has 3 amide bonds. The number of likely N-dealkylation sites (N-methyl/N-ethyl adjacent to an activating group) is 1. The zero-order valence-electron chi connectivity index (χ0n) is 13.3. The molecule has 1 saturated heterocycles. The van der Waals surface area contributed by atoms with E-state index >= 15 is 0 Å². The summed E-state index contributed by atoms with van der Waals surface area (Å²) in [6.45, 7) is 5.16. The second-order valence-electron chi connectivity index (χ2n) is 6.13. The molecule has 1 aromatic rings. The number of carbonyl (C=O) groups is 2. The van der Waals surface area contributed by atoms with E-state index in [1.54, 1.807) is 37.9 Å². The Balaban J connectivity index is 1.94. The van der Waals surface area contributed by atoms with Gasteiger partial charge in [0.05, 0.1) is 0 Å². The number of urea groups is 1. The van der Waals surface area contributed by atoms with Crippen LogP contribution in [0, 0.1) is 0 Å². The van der Waals surface area contributed by atoms with Gasteiger partial charge in [0.25, 0.3) is 0 Å². The first-order valence-electron chi connectivity index (χ1n) is 7.52. The van der Waals surface area contributed by atoms with E-state index in [1.165, 1.54) is 0 Å². The summed E-state index contributed by atoms with van der Waals surface area (Å²) in [5.41, 5.74) is -0.271. The first kappa shape index (κ1) is 16.3. The maximum absolute atomic E-state index is 12.6. The van der Waals surface area contributed by atoms with Crippen molar-refractivity contribution in [1.82, 2.24) is 15.5 Å². The summed E-state index contributed by atoms with van der Waals surface area (Å²) in [7, 11) is 1.79. The van der Waals surface area contributed by atoms with Gasteiger partial charge in [0.15, 0.2) is 0 Å². The molecule has 0 aliphatic carbocycles. The predicted molar refractivity (Wildman–Crippen MR) is 86.7 cm³/mol. The van der Waals surface area contributed by atoms with Crippen molar-refractivity contribution in [3.63, 3.8) is 0 Å². The molecular weight excluding hydrogens is 280 g/mol. The Morgan fingerprint density at radius 3 is 2.55 bits per heavy atom. The molecule has 1 unspecified atom stereocenters. The molecule has 1 atom stereocenters. The van der Waals surface area contributed by atoms with Gasteiger partial charge in [-0.15, -0.1) is 0 Å². The third-order valence-electron chi connectivity index (χ3n) is 3.89. The summed E-state index contributed by atoms with van der Waals surface area (Å²) in [6, 6.07) is 8.95. The first-order valence-corrected chi connectivity index (χ1v) is 7.52. The Morgan fingerprint density at radius 1 is 1.27 bits per heavy atom. The minimum absolute atomic E-state index is 0.0931. The second-order valence-corrected chi connectivity index (χ2v) is 6.13. The molecule has 3 N–H and O–H groups in total. The maximum atomic E-state index is 12.6. The van der Waals surface area contributed by atoms with Crippen LogP contribution in [0.1, 0.15) is 20.3 Å². The first-order chi connectivity index (χ1) is 10.4. The summed E-state index contributed by atoms with van der Waals surface area (Å²) < 4.78 is 0. The van der Waals surface area contributed by atoms with Crippen LogP contribution in [-0.4, -0.2) is 48.6 Å². The standard InChI is InChI=1S/C16H24N4O2/c1-16(2,14(21)20(3)13-9-10-17-11-13)19-15(22)18-12-7-5-4-6-8-12/h4-8,13,17H,9-11H2,1-3H3,(H2,18,19,22). The van der Waals surface area contributed by atoms with Crippen molar-refractivity contribution < 1.29 is 9.59 Å². The van der Waals surface area contributed by atoms with Crippen molar-refractivity contribution in [1.29, 1.82) is 0 Å². The van der Waals surface area contributed by atoms with Crippen LogP contribution in [0.15, 0.2) is 30.3 Å². The fourth-order valence-corrected chi connectivity index (χ4v) is 2.60. The monoisotopic (exact) mass is 304 g/mol. The fourth-order valence-electron chi connectivity index (χ4n) is 2.60. The van der Waals surface area contributed by atoms with Crippen LogP contribution < -0.4 is 16.0 Å². The molecule has 1 fully saturated rings. The highest BCUT2D eigenvalue weighted by atomic mass is 16.2. The number of nitrogens with one attached hydrogen (secondary N) is 3. The number of hydrogen-bond acceptors (Lipinski definition) is 3. The van der Waals surface area contributed by atoms with Crippen LogP contribution in [0.2, 0.25) is 0 Å². The molecule has 0 saturated carbocycles. The smallest absolute Gasteiger partial charge is 0.320 e. The van der Waals surface area contributed by atoms with Gasteiger partial charge >= 0.3 is 6.03 Å². The molecule has 1 aromatic carbocycles. The number of benzene rings is 1. The third-order valence-corrected chi connectivity index (χ3v) is 3.89. The predicted octanol–water partition coefficient (Wildman–Crippen LogP) is 1.41. The lowest BCUT2D eigenvalue weighted by Crippen LogP contribution is -2.58. The molecule has 6 heteroatoms. The molecule has 22 heavy (non-hydrogen) atoms. The van der Waals surface area contributed by atoms with Gasteiger partial charge in [0.1, 0.15) is 5.54 Å². The van der Waals surface area contributed by atoms with E-state index in [0.29, 0.717) is 5.69 Å². The van der Waals surface area contributed by atoms with Crippen molar-refractivity contribution >= 4 is 17.6 Å². The number of amides is 3.